The number of aryl methyl sites for hydroxylation is 1. The lowest BCUT2D eigenvalue weighted by molar-refractivity contribution is 0.713. The lowest BCUT2D eigenvalue weighted by atomic mass is 10.1. The topological polar surface area (TPSA) is 71.8 Å². The van der Waals surface area contributed by atoms with Gasteiger partial charge in [-0.05, 0) is 31.3 Å². The third-order valence-electron chi connectivity index (χ3n) is 2.53. The average molecular weight is 225 g/mol. The van der Waals surface area contributed by atoms with Crippen molar-refractivity contribution < 1.29 is 0 Å². The maximum atomic E-state index is 11.8. The van der Waals surface area contributed by atoms with E-state index in [9.17, 15) is 4.79 Å². The molecule has 1 unspecified atom stereocenters. The highest BCUT2D eigenvalue weighted by atomic mass is 32.2. The molecule has 1 aromatic heterocycles. The number of thioether (sulfide) groups is 1. The van der Waals surface area contributed by atoms with Gasteiger partial charge in [-0.3, -0.25) is 4.79 Å². The molecular weight excluding hydrogens is 210 g/mol. The second kappa shape index (κ2) is 4.37. The van der Waals surface area contributed by atoms with Crippen molar-refractivity contribution in [3.05, 3.63) is 27.4 Å². The first-order chi connectivity index (χ1) is 7.18. The molecular formula is C10H15N3OS. The molecule has 0 bridgehead atoms. The van der Waals surface area contributed by atoms with Gasteiger partial charge in [0.2, 0.25) is 0 Å². The van der Waals surface area contributed by atoms with E-state index in [4.69, 9.17) is 5.73 Å². The van der Waals surface area contributed by atoms with E-state index in [1.165, 1.54) is 0 Å². The molecule has 0 saturated carbocycles. The van der Waals surface area contributed by atoms with Crippen molar-refractivity contribution in [2.24, 2.45) is 5.73 Å². The summed E-state index contributed by atoms with van der Waals surface area (Å²) >= 11 is 1.87. The van der Waals surface area contributed by atoms with E-state index in [2.05, 4.69) is 9.97 Å². The second-order valence-corrected chi connectivity index (χ2v) is 5.00. The molecule has 0 amide bonds. The molecule has 0 aromatic carbocycles. The van der Waals surface area contributed by atoms with Gasteiger partial charge in [-0.25, -0.2) is 4.98 Å². The van der Waals surface area contributed by atoms with Gasteiger partial charge in [0.05, 0.1) is 11.7 Å². The van der Waals surface area contributed by atoms with Gasteiger partial charge in [0.1, 0.15) is 5.82 Å². The van der Waals surface area contributed by atoms with Crippen LogP contribution in [0.3, 0.4) is 0 Å². The largest absolute Gasteiger partial charge is 0.322 e. The van der Waals surface area contributed by atoms with Crippen molar-refractivity contribution >= 4 is 11.8 Å². The maximum absolute atomic E-state index is 11.8. The van der Waals surface area contributed by atoms with Crippen molar-refractivity contribution in [3.63, 3.8) is 0 Å². The molecule has 2 heterocycles. The molecule has 0 radical (unpaired) electrons. The molecule has 0 spiro atoms. The zero-order chi connectivity index (χ0) is 10.8. The number of hydrogen-bond donors (Lipinski definition) is 2. The van der Waals surface area contributed by atoms with Crippen molar-refractivity contribution in [2.75, 3.05) is 11.5 Å². The van der Waals surface area contributed by atoms with E-state index >= 15 is 0 Å². The van der Waals surface area contributed by atoms with Crippen LogP contribution >= 0.6 is 11.8 Å². The van der Waals surface area contributed by atoms with Gasteiger partial charge in [-0.1, -0.05) is 0 Å². The Hall–Kier alpha value is -0.810. The van der Waals surface area contributed by atoms with Crippen molar-refractivity contribution in [3.8, 4) is 0 Å². The molecule has 82 valence electrons. The maximum Gasteiger partial charge on any atom is 0.254 e. The first-order valence-corrected chi connectivity index (χ1v) is 6.29. The molecule has 1 aliphatic heterocycles. The van der Waals surface area contributed by atoms with E-state index in [1.807, 2.05) is 18.7 Å². The Bertz CT molecular complexity index is 414. The number of hydrogen-bond acceptors (Lipinski definition) is 4. The summed E-state index contributed by atoms with van der Waals surface area (Å²) < 4.78 is 0. The Labute approximate surface area is 92.7 Å². The lowest BCUT2D eigenvalue weighted by Crippen LogP contribution is -2.23. The van der Waals surface area contributed by atoms with Gasteiger partial charge in [0, 0.05) is 5.56 Å². The Balaban J connectivity index is 2.49. The Morgan fingerprint density at radius 3 is 2.93 bits per heavy atom. The zero-order valence-corrected chi connectivity index (χ0v) is 9.56. The molecule has 0 fully saturated rings. The summed E-state index contributed by atoms with van der Waals surface area (Å²) in [5.74, 6) is 2.66. The summed E-state index contributed by atoms with van der Waals surface area (Å²) in [7, 11) is 0. The van der Waals surface area contributed by atoms with Gasteiger partial charge in [-0.2, -0.15) is 11.8 Å². The number of nitrogens with one attached hydrogen (secondary N) is 1. The normalized spacial score (nSPS) is 18.0. The van der Waals surface area contributed by atoms with Gasteiger partial charge < -0.3 is 10.7 Å². The van der Waals surface area contributed by atoms with Crippen molar-refractivity contribution in [1.29, 1.82) is 0 Å². The van der Waals surface area contributed by atoms with Crippen LogP contribution in [-0.4, -0.2) is 21.5 Å². The van der Waals surface area contributed by atoms with E-state index in [-0.39, 0.29) is 11.6 Å². The molecule has 15 heavy (non-hydrogen) atoms. The third-order valence-corrected chi connectivity index (χ3v) is 3.52. The number of aromatic nitrogens is 2. The van der Waals surface area contributed by atoms with Crippen LogP contribution in [0.4, 0.5) is 0 Å². The average Bonchev–Trinajstić information content (AvgIpc) is 2.42. The Morgan fingerprint density at radius 1 is 1.47 bits per heavy atom. The first-order valence-electron chi connectivity index (χ1n) is 5.14. The fraction of sp³-hybridized carbons (Fsp3) is 0.600. The molecule has 0 saturated heterocycles. The van der Waals surface area contributed by atoms with Crippen LogP contribution in [0.15, 0.2) is 4.79 Å². The van der Waals surface area contributed by atoms with Gasteiger partial charge in [-0.15, -0.1) is 0 Å². The monoisotopic (exact) mass is 225 g/mol. The predicted octanol–water partition coefficient (Wildman–Crippen LogP) is 0.621. The van der Waals surface area contributed by atoms with Crippen LogP contribution in [0.25, 0.3) is 0 Å². The standard InChI is InChI=1S/C10H15N3OS/c1-6(11)9-12-8-3-5-15-4-2-7(8)10(14)13-9/h6H,2-5,11H2,1H3,(H,12,13,14). The molecule has 1 atom stereocenters. The minimum absolute atomic E-state index is 0.00481. The number of nitrogens with two attached hydrogens (primary N) is 1. The summed E-state index contributed by atoms with van der Waals surface area (Å²) in [5, 5.41) is 0. The van der Waals surface area contributed by atoms with Crippen LogP contribution in [0.2, 0.25) is 0 Å². The van der Waals surface area contributed by atoms with Gasteiger partial charge in [0.25, 0.3) is 5.56 Å². The van der Waals surface area contributed by atoms with Crippen LogP contribution in [0.5, 0.6) is 0 Å². The highest BCUT2D eigenvalue weighted by Gasteiger charge is 2.15. The van der Waals surface area contributed by atoms with E-state index in [1.54, 1.807) is 0 Å². The van der Waals surface area contributed by atoms with E-state index < -0.39 is 0 Å². The molecule has 4 nitrogen and oxygen atoms in total. The second-order valence-electron chi connectivity index (χ2n) is 3.78. The molecule has 2 rings (SSSR count). The summed E-state index contributed by atoms with van der Waals surface area (Å²) in [4.78, 5) is 19.0. The number of nitrogens with zero attached hydrogens (tertiary/aromatic N) is 1. The lowest BCUT2D eigenvalue weighted by Gasteiger charge is -2.08. The summed E-state index contributed by atoms with van der Waals surface area (Å²) in [6, 6.07) is -0.209. The van der Waals surface area contributed by atoms with Crippen molar-refractivity contribution in [2.45, 2.75) is 25.8 Å². The highest BCUT2D eigenvalue weighted by Crippen LogP contribution is 2.16. The Morgan fingerprint density at radius 2 is 2.20 bits per heavy atom. The molecule has 3 N–H and O–H groups in total. The minimum atomic E-state index is -0.209. The summed E-state index contributed by atoms with van der Waals surface area (Å²) in [6.07, 6.45) is 1.70. The third kappa shape index (κ3) is 2.23. The predicted molar refractivity (Wildman–Crippen MR) is 62.2 cm³/mol. The SMILES string of the molecule is CC(N)c1nc2c(c(=O)[nH]1)CCSCC2. The minimum Gasteiger partial charge on any atom is -0.322 e. The summed E-state index contributed by atoms with van der Waals surface area (Å²) in [6.45, 7) is 1.83. The van der Waals surface area contributed by atoms with E-state index in [0.29, 0.717) is 5.82 Å². The first kappa shape index (κ1) is 10.7. The van der Waals surface area contributed by atoms with Gasteiger partial charge >= 0.3 is 0 Å². The number of rotatable bonds is 1. The van der Waals surface area contributed by atoms with Gasteiger partial charge in [0.15, 0.2) is 0 Å². The smallest absolute Gasteiger partial charge is 0.254 e. The molecule has 5 heteroatoms. The zero-order valence-electron chi connectivity index (χ0n) is 8.75. The summed E-state index contributed by atoms with van der Waals surface area (Å²) in [5.41, 5.74) is 7.50. The molecule has 0 aliphatic carbocycles. The van der Waals surface area contributed by atoms with E-state index in [0.717, 1.165) is 35.6 Å². The Kier molecular flexibility index (Phi) is 3.11. The fourth-order valence-electron chi connectivity index (χ4n) is 1.69. The van der Waals surface area contributed by atoms with Crippen LogP contribution in [0, 0.1) is 0 Å². The van der Waals surface area contributed by atoms with Crippen LogP contribution < -0.4 is 11.3 Å². The number of fused-ring (bicyclic) bond motifs is 1. The number of H-pyrrole nitrogens is 1. The quantitative estimate of drug-likeness (QED) is 0.735. The number of aromatic amines is 1. The fourth-order valence-corrected chi connectivity index (χ4v) is 2.58. The molecule has 1 aromatic rings. The molecule has 1 aliphatic rings. The highest BCUT2D eigenvalue weighted by molar-refractivity contribution is 7.99. The van der Waals surface area contributed by atoms with Crippen LogP contribution in [-0.2, 0) is 12.8 Å². The van der Waals surface area contributed by atoms with Crippen LogP contribution in [0.1, 0.15) is 30.0 Å². The van der Waals surface area contributed by atoms with Crippen molar-refractivity contribution in [1.82, 2.24) is 9.97 Å².